The average Bonchev–Trinajstić information content (AvgIpc) is 3.31. The molecule has 1 aromatic carbocycles. The first-order valence-electron chi connectivity index (χ1n) is 8.71. The smallest absolute Gasteiger partial charge is 0.258 e. The summed E-state index contributed by atoms with van der Waals surface area (Å²) in [7, 11) is 1.78. The lowest BCUT2D eigenvalue weighted by Gasteiger charge is -2.26. The molecular weight excluding hydrogens is 334 g/mol. The fourth-order valence-electron chi connectivity index (χ4n) is 4.00. The number of carbonyl (C=O) groups is 1. The second-order valence-electron chi connectivity index (χ2n) is 6.96. The van der Waals surface area contributed by atoms with Crippen LogP contribution in [0.25, 0.3) is 0 Å². The van der Waals surface area contributed by atoms with E-state index in [0.29, 0.717) is 16.7 Å². The summed E-state index contributed by atoms with van der Waals surface area (Å²) in [5.74, 6) is 1.21. The van der Waals surface area contributed by atoms with E-state index in [1.54, 1.807) is 11.7 Å². The molecule has 6 nitrogen and oxygen atoms in total. The van der Waals surface area contributed by atoms with E-state index in [0.717, 1.165) is 18.5 Å². The number of aromatic nitrogens is 3. The zero-order valence-electron chi connectivity index (χ0n) is 14.6. The Balaban J connectivity index is 1.45. The van der Waals surface area contributed by atoms with Crippen LogP contribution in [0.1, 0.15) is 35.2 Å². The summed E-state index contributed by atoms with van der Waals surface area (Å²) in [6.45, 7) is 2.14. The Morgan fingerprint density at radius 2 is 2.28 bits per heavy atom. The summed E-state index contributed by atoms with van der Waals surface area (Å²) in [5.41, 5.74) is 1.86. The molecule has 2 fully saturated rings. The number of benzene rings is 1. The van der Waals surface area contributed by atoms with Crippen molar-refractivity contribution in [1.29, 1.82) is 0 Å². The highest BCUT2D eigenvalue weighted by Gasteiger charge is 2.37. The number of piperidine rings is 1. The monoisotopic (exact) mass is 357 g/mol. The molecule has 1 aliphatic carbocycles. The molecule has 0 radical (unpaired) electrons. The van der Waals surface area contributed by atoms with E-state index >= 15 is 0 Å². The van der Waals surface area contributed by atoms with Gasteiger partial charge in [0.15, 0.2) is 0 Å². The van der Waals surface area contributed by atoms with E-state index in [4.69, 9.17) is 0 Å². The van der Waals surface area contributed by atoms with E-state index in [2.05, 4.69) is 26.4 Å². The predicted molar refractivity (Wildman–Crippen MR) is 98.7 cm³/mol. The summed E-state index contributed by atoms with van der Waals surface area (Å²) < 4.78 is 1.59. The second kappa shape index (κ2) is 6.80. The van der Waals surface area contributed by atoms with Gasteiger partial charge in [-0.3, -0.25) is 15.0 Å². The molecule has 2 bridgehead atoms. The summed E-state index contributed by atoms with van der Waals surface area (Å²) in [6, 6.07) is 8.65. The van der Waals surface area contributed by atoms with E-state index in [-0.39, 0.29) is 5.91 Å². The van der Waals surface area contributed by atoms with Crippen molar-refractivity contribution in [2.24, 2.45) is 13.0 Å². The number of hydrogen-bond donors (Lipinski definition) is 1. The molecule has 2 aliphatic rings. The first-order chi connectivity index (χ1) is 12.1. The van der Waals surface area contributed by atoms with Gasteiger partial charge in [0.05, 0.1) is 0 Å². The Morgan fingerprint density at radius 1 is 1.40 bits per heavy atom. The number of thioether (sulfide) groups is 1. The van der Waals surface area contributed by atoms with Crippen LogP contribution in [0.4, 0.5) is 5.95 Å². The van der Waals surface area contributed by atoms with Gasteiger partial charge >= 0.3 is 0 Å². The van der Waals surface area contributed by atoms with Gasteiger partial charge in [-0.15, -0.1) is 5.10 Å². The molecule has 1 saturated carbocycles. The van der Waals surface area contributed by atoms with Crippen LogP contribution >= 0.6 is 11.8 Å². The normalized spacial score (nSPS) is 22.5. The van der Waals surface area contributed by atoms with Gasteiger partial charge in [0.1, 0.15) is 0 Å². The average molecular weight is 357 g/mol. The minimum Gasteiger partial charge on any atom is -0.296 e. The molecule has 2 atom stereocenters. The molecular formula is C18H23N5OS. The number of likely N-dealkylation sites (tertiary alicyclic amines) is 1. The number of fused-ring (bicyclic) bond motifs is 2. The largest absolute Gasteiger partial charge is 0.296 e. The van der Waals surface area contributed by atoms with Gasteiger partial charge in [0.2, 0.25) is 11.1 Å². The van der Waals surface area contributed by atoms with Crippen molar-refractivity contribution in [1.82, 2.24) is 19.7 Å². The Morgan fingerprint density at radius 3 is 2.96 bits per heavy atom. The maximum Gasteiger partial charge on any atom is 0.258 e. The van der Waals surface area contributed by atoms with Crippen molar-refractivity contribution in [3.63, 3.8) is 0 Å². The molecule has 4 rings (SSSR count). The van der Waals surface area contributed by atoms with E-state index in [9.17, 15) is 4.79 Å². The minimum absolute atomic E-state index is 0.145. The molecule has 25 heavy (non-hydrogen) atoms. The summed E-state index contributed by atoms with van der Waals surface area (Å²) in [5, 5.41) is 7.73. The second-order valence-corrected chi connectivity index (χ2v) is 7.74. The third-order valence-corrected chi connectivity index (χ3v) is 5.79. The van der Waals surface area contributed by atoms with Crippen LogP contribution in [0.5, 0.6) is 0 Å². The lowest BCUT2D eigenvalue weighted by molar-refractivity contribution is 0.102. The van der Waals surface area contributed by atoms with Gasteiger partial charge in [0.25, 0.3) is 5.91 Å². The van der Waals surface area contributed by atoms with Crippen LogP contribution in [-0.2, 0) is 13.6 Å². The van der Waals surface area contributed by atoms with Crippen LogP contribution in [-0.4, -0.2) is 44.4 Å². The van der Waals surface area contributed by atoms with Crippen molar-refractivity contribution in [3.8, 4) is 0 Å². The number of amides is 1. The first-order valence-corrected chi connectivity index (χ1v) is 9.94. The number of nitrogens with zero attached hydrogens (tertiary/aromatic N) is 4. The third-order valence-electron chi connectivity index (χ3n) is 5.25. The van der Waals surface area contributed by atoms with Crippen molar-refractivity contribution in [2.75, 3.05) is 18.1 Å². The number of nitrogens with one attached hydrogen (secondary N) is 1. The third kappa shape index (κ3) is 3.43. The van der Waals surface area contributed by atoms with Crippen LogP contribution in [0, 0.1) is 5.92 Å². The molecule has 1 N–H and O–H groups in total. The Labute approximate surface area is 152 Å². The van der Waals surface area contributed by atoms with Crippen molar-refractivity contribution in [2.45, 2.75) is 37.0 Å². The fourth-order valence-corrected chi connectivity index (χ4v) is 4.38. The van der Waals surface area contributed by atoms with E-state index in [1.807, 2.05) is 24.5 Å². The number of aryl methyl sites for hydroxylation is 1. The summed E-state index contributed by atoms with van der Waals surface area (Å²) in [6.07, 6.45) is 5.98. The first kappa shape index (κ1) is 16.6. The highest BCUT2D eigenvalue weighted by molar-refractivity contribution is 7.98. The number of anilines is 1. The minimum atomic E-state index is -0.145. The topological polar surface area (TPSA) is 63.1 Å². The molecule has 1 amide bonds. The standard InChI is InChI=1S/C18H23N5OS/c1-22-17(20-18(21-22)25-2)19-16(24)14-5-3-4-12(8-14)10-23-11-13-6-7-15(23)9-13/h3-5,8,13,15H,6-7,9-11H2,1-2H3,(H,19,20,21,24)/t13-,15-/m1/s1. The number of hydrogen-bond acceptors (Lipinski definition) is 5. The Bertz CT molecular complexity index is 790. The van der Waals surface area contributed by atoms with Crippen molar-refractivity contribution >= 4 is 23.6 Å². The van der Waals surface area contributed by atoms with Crippen molar-refractivity contribution in [3.05, 3.63) is 35.4 Å². The van der Waals surface area contributed by atoms with Gasteiger partial charge in [-0.1, -0.05) is 23.9 Å². The van der Waals surface area contributed by atoms with Gasteiger partial charge in [-0.05, 0) is 49.1 Å². The molecule has 0 unspecified atom stereocenters. The number of rotatable bonds is 5. The molecule has 1 aliphatic heterocycles. The van der Waals surface area contributed by atoms with Crippen LogP contribution in [0.15, 0.2) is 29.4 Å². The SMILES string of the molecule is CSc1nc(NC(=O)c2cccc(CN3C[C@@H]4CC[C@@H]3C4)c2)n(C)n1. The fraction of sp³-hybridized carbons (Fsp3) is 0.500. The van der Waals surface area contributed by atoms with E-state index in [1.165, 1.54) is 43.1 Å². The maximum atomic E-state index is 12.6. The molecule has 2 aromatic rings. The van der Waals surface area contributed by atoms with E-state index < -0.39 is 0 Å². The molecule has 7 heteroatoms. The molecule has 2 heterocycles. The Hall–Kier alpha value is -1.86. The molecule has 0 spiro atoms. The summed E-state index contributed by atoms with van der Waals surface area (Å²) in [4.78, 5) is 19.4. The van der Waals surface area contributed by atoms with Gasteiger partial charge in [0, 0.05) is 31.7 Å². The summed E-state index contributed by atoms with van der Waals surface area (Å²) >= 11 is 1.45. The maximum absolute atomic E-state index is 12.6. The van der Waals surface area contributed by atoms with Crippen LogP contribution in [0.3, 0.4) is 0 Å². The molecule has 132 valence electrons. The number of carbonyl (C=O) groups excluding carboxylic acids is 1. The van der Waals surface area contributed by atoms with Gasteiger partial charge in [-0.25, -0.2) is 4.68 Å². The van der Waals surface area contributed by atoms with Crippen LogP contribution in [0.2, 0.25) is 0 Å². The van der Waals surface area contributed by atoms with Gasteiger partial charge < -0.3 is 0 Å². The zero-order valence-corrected chi connectivity index (χ0v) is 15.4. The predicted octanol–water partition coefficient (Wildman–Crippen LogP) is 2.77. The van der Waals surface area contributed by atoms with Crippen LogP contribution < -0.4 is 5.32 Å². The zero-order chi connectivity index (χ0) is 17.4. The highest BCUT2D eigenvalue weighted by atomic mass is 32.2. The highest BCUT2D eigenvalue weighted by Crippen LogP contribution is 2.38. The lowest BCUT2D eigenvalue weighted by Crippen LogP contribution is -2.31. The Kier molecular flexibility index (Phi) is 4.52. The quantitative estimate of drug-likeness (QED) is 0.834. The molecule has 1 aromatic heterocycles. The van der Waals surface area contributed by atoms with Gasteiger partial charge in [-0.2, -0.15) is 4.98 Å². The van der Waals surface area contributed by atoms with Crippen molar-refractivity contribution < 1.29 is 4.79 Å². The molecule has 1 saturated heterocycles. The lowest BCUT2D eigenvalue weighted by atomic mass is 10.1.